The van der Waals surface area contributed by atoms with Gasteiger partial charge in [0.1, 0.15) is 11.6 Å². The van der Waals surface area contributed by atoms with Gasteiger partial charge in [-0.25, -0.2) is 9.67 Å². The minimum absolute atomic E-state index is 0.233. The number of aryl methyl sites for hydroxylation is 2. The topological polar surface area (TPSA) is 63.1 Å². The lowest BCUT2D eigenvalue weighted by atomic mass is 9.95. The molecule has 2 heterocycles. The Balaban J connectivity index is 1.40. The van der Waals surface area contributed by atoms with E-state index in [0.29, 0.717) is 18.4 Å². The van der Waals surface area contributed by atoms with Crippen molar-refractivity contribution in [3.63, 3.8) is 0 Å². The van der Waals surface area contributed by atoms with Crippen molar-refractivity contribution >= 4 is 5.91 Å². The van der Waals surface area contributed by atoms with E-state index in [1.54, 1.807) is 0 Å². The zero-order chi connectivity index (χ0) is 17.6. The molecule has 1 saturated heterocycles. The number of aromatic nitrogens is 3. The van der Waals surface area contributed by atoms with E-state index in [9.17, 15) is 4.79 Å². The monoisotopic (exact) mass is 347 g/mol. The summed E-state index contributed by atoms with van der Waals surface area (Å²) in [6.07, 6.45) is 9.25. The molecule has 1 aliphatic heterocycles. The van der Waals surface area contributed by atoms with Gasteiger partial charge in [-0.3, -0.25) is 4.79 Å². The van der Waals surface area contributed by atoms with Gasteiger partial charge in [0.2, 0.25) is 5.91 Å². The Morgan fingerprint density at radius 2 is 1.96 bits per heavy atom. The quantitative estimate of drug-likeness (QED) is 0.858. The van der Waals surface area contributed by atoms with Gasteiger partial charge in [-0.05, 0) is 52.0 Å². The number of rotatable bonds is 6. The van der Waals surface area contributed by atoms with Crippen LogP contribution in [0.2, 0.25) is 0 Å². The third kappa shape index (κ3) is 5.53. The van der Waals surface area contributed by atoms with E-state index >= 15 is 0 Å². The van der Waals surface area contributed by atoms with Crippen LogP contribution in [-0.2, 0) is 11.3 Å². The fourth-order valence-electron chi connectivity index (χ4n) is 4.29. The predicted octanol–water partition coefficient (Wildman–Crippen LogP) is 2.45. The fraction of sp³-hybridized carbons (Fsp3) is 0.842. The lowest BCUT2D eigenvalue weighted by molar-refractivity contribution is -0.122. The van der Waals surface area contributed by atoms with Crippen molar-refractivity contribution in [2.75, 3.05) is 19.6 Å². The van der Waals surface area contributed by atoms with Crippen LogP contribution in [0.1, 0.15) is 63.0 Å². The number of nitrogens with one attached hydrogen (secondary N) is 1. The zero-order valence-electron chi connectivity index (χ0n) is 15.8. The molecule has 1 amide bonds. The maximum atomic E-state index is 12.2. The van der Waals surface area contributed by atoms with Gasteiger partial charge in [-0.2, -0.15) is 5.10 Å². The first-order valence-electron chi connectivity index (χ1n) is 10.00. The molecular weight excluding hydrogens is 314 g/mol. The summed E-state index contributed by atoms with van der Waals surface area (Å²) in [6.45, 7) is 7.97. The molecule has 6 heteroatoms. The molecule has 25 heavy (non-hydrogen) atoms. The predicted molar refractivity (Wildman–Crippen MR) is 98.3 cm³/mol. The van der Waals surface area contributed by atoms with Crippen LogP contribution in [0, 0.1) is 19.8 Å². The Hall–Kier alpha value is -1.43. The van der Waals surface area contributed by atoms with Gasteiger partial charge in [0.15, 0.2) is 0 Å². The Morgan fingerprint density at radius 3 is 2.68 bits per heavy atom. The summed E-state index contributed by atoms with van der Waals surface area (Å²) in [5.41, 5.74) is 0. The summed E-state index contributed by atoms with van der Waals surface area (Å²) < 4.78 is 2.04. The van der Waals surface area contributed by atoms with E-state index in [1.807, 2.05) is 18.5 Å². The van der Waals surface area contributed by atoms with Crippen molar-refractivity contribution in [2.24, 2.45) is 5.92 Å². The number of carbonyl (C=O) groups is 1. The van der Waals surface area contributed by atoms with E-state index in [1.165, 1.54) is 32.1 Å². The van der Waals surface area contributed by atoms with Crippen molar-refractivity contribution in [1.82, 2.24) is 25.0 Å². The van der Waals surface area contributed by atoms with Crippen LogP contribution in [0.15, 0.2) is 0 Å². The van der Waals surface area contributed by atoms with E-state index in [0.717, 1.165) is 50.7 Å². The molecule has 1 atom stereocenters. The molecule has 1 saturated carbocycles. The first-order chi connectivity index (χ1) is 12.1. The van der Waals surface area contributed by atoms with E-state index in [-0.39, 0.29) is 5.91 Å². The van der Waals surface area contributed by atoms with Crippen LogP contribution < -0.4 is 5.32 Å². The highest BCUT2D eigenvalue weighted by molar-refractivity contribution is 5.76. The molecule has 0 bridgehead atoms. The van der Waals surface area contributed by atoms with Crippen LogP contribution >= 0.6 is 0 Å². The molecule has 140 valence electrons. The molecule has 1 aromatic heterocycles. The molecule has 0 radical (unpaired) electrons. The molecule has 0 unspecified atom stereocenters. The summed E-state index contributed by atoms with van der Waals surface area (Å²) >= 11 is 0. The molecule has 2 fully saturated rings. The lowest BCUT2D eigenvalue weighted by Gasteiger charge is -2.32. The number of likely N-dealkylation sites (tertiary alicyclic amines) is 1. The largest absolute Gasteiger partial charge is 0.353 e. The van der Waals surface area contributed by atoms with Gasteiger partial charge < -0.3 is 10.2 Å². The Labute approximate surface area is 151 Å². The average Bonchev–Trinajstić information content (AvgIpc) is 2.91. The minimum atomic E-state index is 0.233. The Kier molecular flexibility index (Phi) is 6.45. The number of hydrogen-bond acceptors (Lipinski definition) is 4. The molecule has 2 aliphatic rings. The molecular formula is C19H33N5O. The third-order valence-electron chi connectivity index (χ3n) is 5.62. The van der Waals surface area contributed by atoms with Gasteiger partial charge >= 0.3 is 0 Å². The standard InChI is InChI=1S/C19H33N5O/c1-15-20-16(2)24(22-15)14-17-7-6-11-23(13-17)12-10-19(25)21-18-8-4-3-5-9-18/h17-18H,3-14H2,1-2H3,(H,21,25)/t17-/m1/s1. The summed E-state index contributed by atoms with van der Waals surface area (Å²) in [6, 6.07) is 0.425. The summed E-state index contributed by atoms with van der Waals surface area (Å²) in [5, 5.41) is 7.72. The van der Waals surface area contributed by atoms with Crippen molar-refractivity contribution in [3.8, 4) is 0 Å². The van der Waals surface area contributed by atoms with Gasteiger partial charge in [0.25, 0.3) is 0 Å². The Morgan fingerprint density at radius 1 is 1.16 bits per heavy atom. The molecule has 0 spiro atoms. The molecule has 3 rings (SSSR count). The maximum absolute atomic E-state index is 12.2. The normalized spacial score (nSPS) is 22.9. The second kappa shape index (κ2) is 8.79. The summed E-state index contributed by atoms with van der Waals surface area (Å²) in [5.74, 6) is 2.69. The van der Waals surface area contributed by atoms with Crippen LogP contribution in [0.5, 0.6) is 0 Å². The highest BCUT2D eigenvalue weighted by Crippen LogP contribution is 2.20. The third-order valence-corrected chi connectivity index (χ3v) is 5.62. The SMILES string of the molecule is Cc1nc(C)n(C[C@@H]2CCCN(CCC(=O)NC3CCCCC3)C2)n1. The minimum Gasteiger partial charge on any atom is -0.353 e. The summed E-state index contributed by atoms with van der Waals surface area (Å²) in [7, 11) is 0. The highest BCUT2D eigenvalue weighted by atomic mass is 16.1. The van der Waals surface area contributed by atoms with Crippen molar-refractivity contribution in [3.05, 3.63) is 11.6 Å². The zero-order valence-corrected chi connectivity index (χ0v) is 15.8. The average molecular weight is 348 g/mol. The van der Waals surface area contributed by atoms with Crippen molar-refractivity contribution < 1.29 is 4.79 Å². The summed E-state index contributed by atoms with van der Waals surface area (Å²) in [4.78, 5) is 19.1. The second-order valence-corrected chi connectivity index (χ2v) is 7.85. The molecule has 1 aliphatic carbocycles. The van der Waals surface area contributed by atoms with Crippen LogP contribution in [0.4, 0.5) is 0 Å². The van der Waals surface area contributed by atoms with Crippen LogP contribution in [0.3, 0.4) is 0 Å². The number of carbonyl (C=O) groups excluding carboxylic acids is 1. The lowest BCUT2D eigenvalue weighted by Crippen LogP contribution is -2.41. The van der Waals surface area contributed by atoms with Crippen molar-refractivity contribution in [1.29, 1.82) is 0 Å². The number of piperidine rings is 1. The van der Waals surface area contributed by atoms with Gasteiger partial charge in [0, 0.05) is 32.1 Å². The van der Waals surface area contributed by atoms with Crippen LogP contribution in [-0.4, -0.2) is 51.2 Å². The number of hydrogen-bond donors (Lipinski definition) is 1. The van der Waals surface area contributed by atoms with E-state index in [4.69, 9.17) is 0 Å². The van der Waals surface area contributed by atoms with E-state index in [2.05, 4.69) is 20.3 Å². The smallest absolute Gasteiger partial charge is 0.221 e. The fourth-order valence-corrected chi connectivity index (χ4v) is 4.29. The molecule has 6 nitrogen and oxygen atoms in total. The van der Waals surface area contributed by atoms with Crippen molar-refractivity contribution in [2.45, 2.75) is 77.8 Å². The van der Waals surface area contributed by atoms with Crippen LogP contribution in [0.25, 0.3) is 0 Å². The van der Waals surface area contributed by atoms with Gasteiger partial charge in [-0.15, -0.1) is 0 Å². The van der Waals surface area contributed by atoms with Gasteiger partial charge in [-0.1, -0.05) is 19.3 Å². The molecule has 1 N–H and O–H groups in total. The first-order valence-corrected chi connectivity index (χ1v) is 10.00. The van der Waals surface area contributed by atoms with Gasteiger partial charge in [0.05, 0.1) is 0 Å². The maximum Gasteiger partial charge on any atom is 0.221 e. The molecule has 0 aromatic carbocycles. The number of nitrogens with zero attached hydrogens (tertiary/aromatic N) is 4. The number of amides is 1. The highest BCUT2D eigenvalue weighted by Gasteiger charge is 2.22. The van der Waals surface area contributed by atoms with E-state index < -0.39 is 0 Å². The second-order valence-electron chi connectivity index (χ2n) is 7.85. The first kappa shape index (κ1) is 18.4. The molecule has 1 aromatic rings. The Bertz CT molecular complexity index is 564.